The van der Waals surface area contributed by atoms with E-state index in [1.807, 2.05) is 133 Å². The molecule has 0 aromatic heterocycles. The zero-order chi connectivity index (χ0) is 35.1. The number of nitrogens with zero attached hydrogens (tertiary/aromatic N) is 1. The predicted molar refractivity (Wildman–Crippen MR) is 222 cm³/mol. The molecule has 0 saturated heterocycles. The molecule has 0 N–H and O–H groups in total. The zero-order valence-electron chi connectivity index (χ0n) is 28.1. The van der Waals surface area contributed by atoms with Gasteiger partial charge in [0.2, 0.25) is 0 Å². The Bertz CT molecular complexity index is 2430. The molecule has 52 heavy (non-hydrogen) atoms. The van der Waals surface area contributed by atoms with Crippen molar-refractivity contribution in [3.63, 3.8) is 0 Å². The van der Waals surface area contributed by atoms with Gasteiger partial charge in [0.15, 0.2) is 14.3 Å². The Morgan fingerprint density at radius 3 is 1.15 bits per heavy atom. The highest BCUT2D eigenvalue weighted by Gasteiger charge is 2.35. The van der Waals surface area contributed by atoms with Crippen LogP contribution in [-0.2, 0) is 9.13 Å². The molecule has 250 valence electrons. The highest BCUT2D eigenvalue weighted by Crippen LogP contribution is 2.54. The number of benzene rings is 8. The maximum Gasteiger partial charge on any atom is 0.171 e. The van der Waals surface area contributed by atoms with E-state index >= 15 is 9.13 Å². The Balaban J connectivity index is 1.26. The first-order valence-corrected chi connectivity index (χ1v) is 21.5. The lowest BCUT2D eigenvalue weighted by molar-refractivity contribution is 0.591. The molecular formula is C46H33NO2P2S. The lowest BCUT2D eigenvalue weighted by atomic mass is 10.1. The van der Waals surface area contributed by atoms with Crippen molar-refractivity contribution < 1.29 is 9.13 Å². The third-order valence-corrected chi connectivity index (χ3v) is 17.0. The summed E-state index contributed by atoms with van der Waals surface area (Å²) in [7, 11) is -6.45. The highest BCUT2D eigenvalue weighted by molar-refractivity contribution is 8.00. The standard InChI is InChI=1S/C46H33NO2P2S/c48-50(37-17-5-1-6-18-37,38-19-7-2-8-20-38)41-27-29-43-45(32-41)52-46-33-42(51(49,39-21-9-3-10-22-39)40-23-11-4-12-24-40)28-30-44(46)47(43)36-26-25-34-15-13-14-16-35(34)31-36/h1-33H. The molecule has 0 spiro atoms. The van der Waals surface area contributed by atoms with Gasteiger partial charge in [-0.1, -0.05) is 163 Å². The van der Waals surface area contributed by atoms with Crippen LogP contribution in [0.3, 0.4) is 0 Å². The molecule has 1 aliphatic rings. The van der Waals surface area contributed by atoms with Crippen LogP contribution in [0, 0.1) is 0 Å². The molecule has 0 unspecified atom stereocenters. The van der Waals surface area contributed by atoms with Gasteiger partial charge in [0, 0.05) is 47.3 Å². The van der Waals surface area contributed by atoms with Crippen LogP contribution in [0.15, 0.2) is 210 Å². The SMILES string of the molecule is O=P(c1ccccc1)(c1ccccc1)c1ccc2c(c1)Sc1cc(P(=O)(c3ccccc3)c3ccccc3)ccc1N2c1ccc2ccccc2c1. The Kier molecular flexibility index (Phi) is 8.33. The fourth-order valence-corrected chi connectivity index (χ4v) is 13.9. The second kappa shape index (κ2) is 13.3. The van der Waals surface area contributed by atoms with Gasteiger partial charge < -0.3 is 14.0 Å². The summed E-state index contributed by atoms with van der Waals surface area (Å²) in [5, 5.41) is 7.03. The summed E-state index contributed by atoms with van der Waals surface area (Å²) in [6.45, 7) is 0. The molecule has 6 heteroatoms. The van der Waals surface area contributed by atoms with E-state index < -0.39 is 14.3 Å². The van der Waals surface area contributed by atoms with Crippen LogP contribution >= 0.6 is 26.0 Å². The first-order chi connectivity index (χ1) is 25.5. The van der Waals surface area contributed by atoms with E-state index in [1.54, 1.807) is 11.8 Å². The Morgan fingerprint density at radius 2 is 0.731 bits per heavy atom. The van der Waals surface area contributed by atoms with Gasteiger partial charge in [-0.3, -0.25) is 0 Å². The molecule has 1 heterocycles. The van der Waals surface area contributed by atoms with Gasteiger partial charge in [0.05, 0.1) is 11.4 Å². The summed E-state index contributed by atoms with van der Waals surface area (Å²) in [6, 6.07) is 66.6. The minimum absolute atomic E-state index is 0.772. The predicted octanol–water partition coefficient (Wildman–Crippen LogP) is 10.1. The van der Waals surface area contributed by atoms with Crippen LogP contribution in [0.2, 0.25) is 0 Å². The molecule has 8 aromatic carbocycles. The van der Waals surface area contributed by atoms with Crippen molar-refractivity contribution in [3.05, 3.63) is 200 Å². The first-order valence-electron chi connectivity index (χ1n) is 17.2. The fourth-order valence-electron chi connectivity index (χ4n) is 7.22. The van der Waals surface area contributed by atoms with E-state index in [1.165, 1.54) is 5.39 Å². The molecule has 0 bridgehead atoms. The first kappa shape index (κ1) is 32.5. The molecule has 0 fully saturated rings. The monoisotopic (exact) mass is 725 g/mol. The summed E-state index contributed by atoms with van der Waals surface area (Å²) >= 11 is 1.64. The van der Waals surface area contributed by atoms with Crippen LogP contribution < -0.4 is 36.7 Å². The van der Waals surface area contributed by atoms with Gasteiger partial charge in [-0.05, 0) is 59.3 Å². The average molecular weight is 726 g/mol. The molecule has 0 aliphatic carbocycles. The third-order valence-electron chi connectivity index (χ3n) is 9.79. The number of hydrogen-bond donors (Lipinski definition) is 0. The molecule has 1 aliphatic heterocycles. The molecule has 0 atom stereocenters. The topological polar surface area (TPSA) is 37.4 Å². The van der Waals surface area contributed by atoms with Gasteiger partial charge in [-0.15, -0.1) is 0 Å². The van der Waals surface area contributed by atoms with Crippen molar-refractivity contribution in [1.82, 2.24) is 0 Å². The van der Waals surface area contributed by atoms with Gasteiger partial charge in [0.25, 0.3) is 0 Å². The van der Waals surface area contributed by atoms with Crippen LogP contribution in [-0.4, -0.2) is 0 Å². The summed E-state index contributed by atoms with van der Waals surface area (Å²) < 4.78 is 31.0. The van der Waals surface area contributed by atoms with E-state index in [-0.39, 0.29) is 0 Å². The molecule has 9 rings (SSSR count). The van der Waals surface area contributed by atoms with Crippen LogP contribution in [0.1, 0.15) is 0 Å². The second-order valence-electron chi connectivity index (χ2n) is 12.8. The quantitative estimate of drug-likeness (QED) is 0.153. The Labute approximate surface area is 308 Å². The van der Waals surface area contributed by atoms with Crippen LogP contribution in [0.25, 0.3) is 10.8 Å². The fraction of sp³-hybridized carbons (Fsp3) is 0. The largest absolute Gasteiger partial charge is 0.309 e. The smallest absolute Gasteiger partial charge is 0.171 e. The Morgan fingerprint density at radius 1 is 0.346 bits per heavy atom. The van der Waals surface area contributed by atoms with E-state index in [0.29, 0.717) is 0 Å². The molecule has 3 nitrogen and oxygen atoms in total. The van der Waals surface area contributed by atoms with Gasteiger partial charge in [-0.25, -0.2) is 0 Å². The van der Waals surface area contributed by atoms with Crippen LogP contribution in [0.4, 0.5) is 17.1 Å². The van der Waals surface area contributed by atoms with Crippen molar-refractivity contribution in [2.24, 2.45) is 0 Å². The maximum atomic E-state index is 15.5. The second-order valence-corrected chi connectivity index (χ2v) is 19.5. The molecule has 0 radical (unpaired) electrons. The summed E-state index contributed by atoms with van der Waals surface area (Å²) in [5.74, 6) is 0. The minimum atomic E-state index is -3.22. The number of anilines is 3. The normalized spacial score (nSPS) is 12.7. The Hall–Kier alpha value is -5.37. The zero-order valence-corrected chi connectivity index (χ0v) is 30.7. The average Bonchev–Trinajstić information content (AvgIpc) is 3.23. The summed E-state index contributed by atoms with van der Waals surface area (Å²) in [4.78, 5) is 4.25. The van der Waals surface area contributed by atoms with Gasteiger partial charge >= 0.3 is 0 Å². The van der Waals surface area contributed by atoms with Crippen LogP contribution in [0.5, 0.6) is 0 Å². The summed E-state index contributed by atoms with van der Waals surface area (Å²) in [6.07, 6.45) is 0. The maximum absolute atomic E-state index is 15.5. The number of rotatable bonds is 7. The highest BCUT2D eigenvalue weighted by atomic mass is 32.2. The number of fused-ring (bicyclic) bond motifs is 3. The molecule has 0 saturated carbocycles. The number of hydrogen-bond acceptors (Lipinski definition) is 4. The van der Waals surface area contributed by atoms with Gasteiger partial charge in [0.1, 0.15) is 0 Å². The van der Waals surface area contributed by atoms with Crippen molar-refractivity contribution in [1.29, 1.82) is 0 Å². The van der Waals surface area contributed by atoms with Gasteiger partial charge in [-0.2, -0.15) is 0 Å². The van der Waals surface area contributed by atoms with Crippen molar-refractivity contribution in [2.75, 3.05) is 4.90 Å². The van der Waals surface area contributed by atoms with E-state index in [2.05, 4.69) is 71.6 Å². The van der Waals surface area contributed by atoms with E-state index in [4.69, 9.17) is 0 Å². The molecular weight excluding hydrogens is 693 g/mol. The van der Waals surface area contributed by atoms with Crippen molar-refractivity contribution >= 4 is 85.7 Å². The molecule has 0 amide bonds. The van der Waals surface area contributed by atoms with Crippen molar-refractivity contribution in [2.45, 2.75) is 9.79 Å². The van der Waals surface area contributed by atoms with Crippen molar-refractivity contribution in [3.8, 4) is 0 Å². The minimum Gasteiger partial charge on any atom is -0.309 e. The lowest BCUT2D eigenvalue weighted by Crippen LogP contribution is -2.27. The summed E-state index contributed by atoms with van der Waals surface area (Å²) in [5.41, 5.74) is 3.03. The lowest BCUT2D eigenvalue weighted by Gasteiger charge is -2.34. The van der Waals surface area contributed by atoms with E-state index in [9.17, 15) is 0 Å². The molecule has 8 aromatic rings. The third kappa shape index (κ3) is 5.47. The van der Waals surface area contributed by atoms with E-state index in [0.717, 1.165) is 64.1 Å².